The summed E-state index contributed by atoms with van der Waals surface area (Å²) in [6.45, 7) is 2.40. The first kappa shape index (κ1) is 25.6. The molecule has 2 aliphatic heterocycles. The van der Waals surface area contributed by atoms with Crippen molar-refractivity contribution in [3.05, 3.63) is 40.7 Å². The molecule has 1 aromatic carbocycles. The molecule has 3 atom stereocenters. The van der Waals surface area contributed by atoms with Gasteiger partial charge < -0.3 is 25.1 Å². The molecule has 0 radical (unpaired) electrons. The number of aliphatic hydroxyl groups excluding tert-OH is 3. The number of hydrogen-bond donors (Lipinski definition) is 3. The van der Waals surface area contributed by atoms with E-state index in [1.54, 1.807) is 15.9 Å². The molecular formula is C23H31ClFN3O5. The third-order valence-corrected chi connectivity index (χ3v) is 6.49. The lowest BCUT2D eigenvalue weighted by atomic mass is 9.94. The molecule has 2 heterocycles. The van der Waals surface area contributed by atoms with Gasteiger partial charge in [0, 0.05) is 64.3 Å². The Morgan fingerprint density at radius 3 is 2.73 bits per heavy atom. The van der Waals surface area contributed by atoms with Crippen LogP contribution in [0, 0.1) is 11.7 Å². The van der Waals surface area contributed by atoms with Crippen molar-refractivity contribution in [3.63, 3.8) is 0 Å². The molecule has 2 saturated heterocycles. The van der Waals surface area contributed by atoms with E-state index in [-0.39, 0.29) is 48.9 Å². The number of rotatable bonds is 7. The zero-order valence-corrected chi connectivity index (χ0v) is 19.2. The number of nitrogens with zero attached hydrogens (tertiary/aromatic N) is 3. The van der Waals surface area contributed by atoms with Gasteiger partial charge in [-0.25, -0.2) is 4.39 Å². The molecule has 1 aromatic rings. The summed E-state index contributed by atoms with van der Waals surface area (Å²) in [6, 6.07) is 4.18. The molecule has 0 unspecified atom stereocenters. The van der Waals surface area contributed by atoms with Crippen LogP contribution in [-0.2, 0) is 9.59 Å². The van der Waals surface area contributed by atoms with Gasteiger partial charge in [0.1, 0.15) is 5.82 Å². The zero-order chi connectivity index (χ0) is 24.0. The van der Waals surface area contributed by atoms with Gasteiger partial charge in [-0.2, -0.15) is 0 Å². The molecule has 2 fully saturated rings. The van der Waals surface area contributed by atoms with Crippen LogP contribution in [-0.4, -0.2) is 106 Å². The van der Waals surface area contributed by atoms with Crippen molar-refractivity contribution in [2.24, 2.45) is 5.92 Å². The fourth-order valence-corrected chi connectivity index (χ4v) is 4.39. The largest absolute Gasteiger partial charge is 0.396 e. The Morgan fingerprint density at radius 2 is 2.03 bits per heavy atom. The van der Waals surface area contributed by atoms with Crippen LogP contribution in [0.5, 0.6) is 0 Å². The van der Waals surface area contributed by atoms with E-state index < -0.39 is 18.0 Å². The van der Waals surface area contributed by atoms with Crippen LogP contribution in [0.15, 0.2) is 24.3 Å². The van der Waals surface area contributed by atoms with E-state index in [2.05, 4.69) is 0 Å². The van der Waals surface area contributed by atoms with Crippen LogP contribution in [0.1, 0.15) is 18.4 Å². The maximum atomic E-state index is 13.3. The third-order valence-electron chi connectivity index (χ3n) is 6.20. The highest BCUT2D eigenvalue weighted by Gasteiger charge is 2.29. The molecule has 0 aliphatic carbocycles. The van der Waals surface area contributed by atoms with Gasteiger partial charge >= 0.3 is 0 Å². The van der Waals surface area contributed by atoms with Gasteiger partial charge in [-0.3, -0.25) is 14.5 Å². The first-order valence-electron chi connectivity index (χ1n) is 11.2. The van der Waals surface area contributed by atoms with Gasteiger partial charge in [-0.1, -0.05) is 17.7 Å². The number of benzene rings is 1. The maximum Gasteiger partial charge on any atom is 0.246 e. The highest BCUT2D eigenvalue weighted by molar-refractivity contribution is 6.30. The molecule has 33 heavy (non-hydrogen) atoms. The van der Waals surface area contributed by atoms with E-state index in [0.29, 0.717) is 44.7 Å². The summed E-state index contributed by atoms with van der Waals surface area (Å²) in [5, 5.41) is 29.8. The Labute approximate surface area is 197 Å². The Bertz CT molecular complexity index is 870. The van der Waals surface area contributed by atoms with Crippen LogP contribution in [0.25, 0.3) is 6.08 Å². The van der Waals surface area contributed by atoms with Crippen LogP contribution in [0.3, 0.4) is 0 Å². The Morgan fingerprint density at radius 1 is 1.24 bits per heavy atom. The standard InChI is InChI=1S/C23H31ClFN3O5/c24-19-11-16(1-3-20(19)25)2-4-22(32)27-8-6-23(33)28(10-9-27)13-18(30)12-26-7-5-17(15-29)21(31)14-26/h1-4,11,17-18,21,29-31H,5-10,12-15H2/b4-2+/t17-,18+,21-/m1/s1. The highest BCUT2D eigenvalue weighted by atomic mass is 35.5. The number of carbonyl (C=O) groups is 2. The molecule has 2 amide bonds. The maximum absolute atomic E-state index is 13.3. The summed E-state index contributed by atoms with van der Waals surface area (Å²) in [7, 11) is 0. The average Bonchev–Trinajstić information content (AvgIpc) is 2.96. The number of carbonyl (C=O) groups excluding carboxylic acids is 2. The Balaban J connectivity index is 1.49. The summed E-state index contributed by atoms with van der Waals surface area (Å²) in [5.74, 6) is -1.05. The smallest absolute Gasteiger partial charge is 0.246 e. The van der Waals surface area contributed by atoms with Crippen LogP contribution in [0.4, 0.5) is 4.39 Å². The van der Waals surface area contributed by atoms with Crippen molar-refractivity contribution in [2.45, 2.75) is 25.0 Å². The summed E-state index contributed by atoms with van der Waals surface area (Å²) in [4.78, 5) is 30.2. The minimum absolute atomic E-state index is 0.0218. The van der Waals surface area contributed by atoms with Crippen molar-refractivity contribution < 1.29 is 29.3 Å². The van der Waals surface area contributed by atoms with Gasteiger partial charge in [0.05, 0.1) is 17.2 Å². The molecule has 3 rings (SSSR count). The molecule has 0 saturated carbocycles. The second-order valence-electron chi connectivity index (χ2n) is 8.63. The van der Waals surface area contributed by atoms with Crippen LogP contribution in [0.2, 0.25) is 5.02 Å². The number of aliphatic hydroxyl groups is 3. The van der Waals surface area contributed by atoms with E-state index in [0.717, 1.165) is 0 Å². The van der Waals surface area contributed by atoms with Gasteiger partial charge in [-0.15, -0.1) is 0 Å². The van der Waals surface area contributed by atoms with Gasteiger partial charge in [-0.05, 0) is 36.7 Å². The lowest BCUT2D eigenvalue weighted by Gasteiger charge is -2.36. The summed E-state index contributed by atoms with van der Waals surface area (Å²) >= 11 is 5.76. The SMILES string of the molecule is O=C(/C=C/c1ccc(F)c(Cl)c1)N1CCC(=O)N(C[C@@H](O)CN2CC[C@H](CO)[C@H](O)C2)CC1. The lowest BCUT2D eigenvalue weighted by Crippen LogP contribution is -2.49. The molecule has 8 nitrogen and oxygen atoms in total. The van der Waals surface area contributed by atoms with E-state index >= 15 is 0 Å². The first-order chi connectivity index (χ1) is 15.8. The topological polar surface area (TPSA) is 105 Å². The monoisotopic (exact) mass is 483 g/mol. The number of piperidine rings is 1. The predicted molar refractivity (Wildman–Crippen MR) is 122 cm³/mol. The average molecular weight is 484 g/mol. The molecule has 0 bridgehead atoms. The molecule has 0 aromatic heterocycles. The van der Waals surface area contributed by atoms with E-state index in [9.17, 15) is 29.3 Å². The zero-order valence-electron chi connectivity index (χ0n) is 18.4. The predicted octanol–water partition coefficient (Wildman–Crippen LogP) is 0.589. The van der Waals surface area contributed by atoms with Gasteiger partial charge in [0.25, 0.3) is 0 Å². The molecular weight excluding hydrogens is 453 g/mol. The summed E-state index contributed by atoms with van der Waals surface area (Å²) in [5.41, 5.74) is 0.596. The van der Waals surface area contributed by atoms with Crippen LogP contribution < -0.4 is 0 Å². The van der Waals surface area contributed by atoms with E-state index in [4.69, 9.17) is 11.6 Å². The second kappa shape index (κ2) is 11.9. The Hall–Kier alpha value is -2.04. The lowest BCUT2D eigenvalue weighted by molar-refractivity contribution is -0.132. The number of β-amino-alcohol motifs (C(OH)–C–C–N with tert-alkyl or cyclic N) is 2. The van der Waals surface area contributed by atoms with Crippen molar-refractivity contribution in [1.82, 2.24) is 14.7 Å². The first-order valence-corrected chi connectivity index (χ1v) is 11.5. The van der Waals surface area contributed by atoms with Crippen LogP contribution >= 0.6 is 11.6 Å². The van der Waals surface area contributed by atoms with Gasteiger partial charge in [0.2, 0.25) is 11.8 Å². The number of halogens is 2. The minimum atomic E-state index is -0.780. The number of likely N-dealkylation sites (tertiary alicyclic amines) is 1. The molecule has 182 valence electrons. The van der Waals surface area contributed by atoms with Crippen molar-refractivity contribution in [3.8, 4) is 0 Å². The second-order valence-corrected chi connectivity index (χ2v) is 9.04. The van der Waals surface area contributed by atoms with Crippen molar-refractivity contribution >= 4 is 29.5 Å². The van der Waals surface area contributed by atoms with E-state index in [1.165, 1.54) is 24.3 Å². The fourth-order valence-electron chi connectivity index (χ4n) is 4.20. The third kappa shape index (κ3) is 7.22. The molecule has 3 N–H and O–H groups in total. The fraction of sp³-hybridized carbons (Fsp3) is 0.565. The van der Waals surface area contributed by atoms with Crippen molar-refractivity contribution in [1.29, 1.82) is 0 Å². The molecule has 10 heteroatoms. The quantitative estimate of drug-likeness (QED) is 0.490. The molecule has 2 aliphatic rings. The highest BCUT2D eigenvalue weighted by Crippen LogP contribution is 2.18. The summed E-state index contributed by atoms with van der Waals surface area (Å²) < 4.78 is 13.3. The number of amides is 2. The minimum Gasteiger partial charge on any atom is -0.396 e. The van der Waals surface area contributed by atoms with Crippen molar-refractivity contribution in [2.75, 3.05) is 52.4 Å². The van der Waals surface area contributed by atoms with Gasteiger partial charge in [0.15, 0.2) is 0 Å². The Kier molecular flexibility index (Phi) is 9.22. The summed E-state index contributed by atoms with van der Waals surface area (Å²) in [6.07, 6.45) is 2.33. The molecule has 0 spiro atoms. The van der Waals surface area contributed by atoms with E-state index in [1.807, 2.05) is 4.90 Å². The number of hydrogen-bond acceptors (Lipinski definition) is 6. The normalized spacial score (nSPS) is 23.7.